The number of benzene rings is 1. The molecule has 3 heteroatoms. The largest absolute Gasteiger partial charge is 0.370 e. The molecule has 1 heterocycles. The Labute approximate surface area is 127 Å². The molecule has 1 aliphatic carbocycles. The summed E-state index contributed by atoms with van der Waals surface area (Å²) >= 11 is 0. The fourth-order valence-corrected chi connectivity index (χ4v) is 4.07. The monoisotopic (exact) mass is 290 g/mol. The fraction of sp³-hybridized carbons (Fsp3) is 0.667. The first-order chi connectivity index (χ1) is 10.2. The van der Waals surface area contributed by atoms with E-state index in [-0.39, 0.29) is 5.82 Å². The standard InChI is InChI=1S/C18H27FN2/c1-2-20-13-18(9-4-3-5-10-18)14-21-11-8-15-6-7-16(19)12-17(15)21/h6-7,12,20H,2-5,8-11,13-14H2,1H3. The van der Waals surface area contributed by atoms with E-state index >= 15 is 0 Å². The third-order valence-electron chi connectivity index (χ3n) is 5.23. The van der Waals surface area contributed by atoms with Gasteiger partial charge in [-0.25, -0.2) is 4.39 Å². The maximum absolute atomic E-state index is 13.6. The third kappa shape index (κ3) is 3.23. The van der Waals surface area contributed by atoms with Crippen molar-refractivity contribution in [2.45, 2.75) is 45.4 Å². The van der Waals surface area contributed by atoms with Crippen LogP contribution in [-0.2, 0) is 6.42 Å². The van der Waals surface area contributed by atoms with Crippen LogP contribution in [0.25, 0.3) is 0 Å². The van der Waals surface area contributed by atoms with Crippen molar-refractivity contribution >= 4 is 5.69 Å². The zero-order valence-corrected chi connectivity index (χ0v) is 13.1. The van der Waals surface area contributed by atoms with Gasteiger partial charge in [0, 0.05) is 30.7 Å². The molecule has 0 atom stereocenters. The average molecular weight is 290 g/mol. The van der Waals surface area contributed by atoms with E-state index in [0.29, 0.717) is 5.41 Å². The lowest BCUT2D eigenvalue weighted by Gasteiger charge is -2.41. The third-order valence-corrected chi connectivity index (χ3v) is 5.23. The molecule has 0 unspecified atom stereocenters. The lowest BCUT2D eigenvalue weighted by molar-refractivity contribution is 0.189. The van der Waals surface area contributed by atoms with Crippen molar-refractivity contribution in [1.29, 1.82) is 0 Å². The Morgan fingerprint density at radius 2 is 2.05 bits per heavy atom. The minimum absolute atomic E-state index is 0.106. The number of fused-ring (bicyclic) bond motifs is 1. The van der Waals surface area contributed by atoms with E-state index < -0.39 is 0 Å². The van der Waals surface area contributed by atoms with Crippen LogP contribution >= 0.6 is 0 Å². The van der Waals surface area contributed by atoms with Crippen molar-refractivity contribution in [1.82, 2.24) is 5.32 Å². The van der Waals surface area contributed by atoms with Crippen LogP contribution in [0.5, 0.6) is 0 Å². The molecule has 0 saturated heterocycles. The van der Waals surface area contributed by atoms with Crippen LogP contribution in [-0.4, -0.2) is 26.2 Å². The number of anilines is 1. The normalized spacial score (nSPS) is 20.6. The van der Waals surface area contributed by atoms with Crippen molar-refractivity contribution in [3.05, 3.63) is 29.6 Å². The van der Waals surface area contributed by atoms with Crippen LogP contribution in [0, 0.1) is 11.2 Å². The van der Waals surface area contributed by atoms with Gasteiger partial charge in [0.05, 0.1) is 0 Å². The van der Waals surface area contributed by atoms with Crippen LogP contribution in [0.4, 0.5) is 10.1 Å². The summed E-state index contributed by atoms with van der Waals surface area (Å²) in [6.45, 7) is 6.44. The topological polar surface area (TPSA) is 15.3 Å². The Morgan fingerprint density at radius 1 is 1.24 bits per heavy atom. The maximum atomic E-state index is 13.6. The predicted molar refractivity (Wildman–Crippen MR) is 86.4 cm³/mol. The fourth-order valence-electron chi connectivity index (χ4n) is 4.07. The van der Waals surface area contributed by atoms with Gasteiger partial charge in [0.25, 0.3) is 0 Å². The second-order valence-electron chi connectivity index (χ2n) is 6.79. The molecule has 0 amide bonds. The lowest BCUT2D eigenvalue weighted by atomic mass is 9.73. The van der Waals surface area contributed by atoms with E-state index in [1.807, 2.05) is 6.07 Å². The molecule has 1 aliphatic heterocycles. The molecule has 1 aromatic carbocycles. The van der Waals surface area contributed by atoms with E-state index in [2.05, 4.69) is 17.1 Å². The quantitative estimate of drug-likeness (QED) is 0.888. The smallest absolute Gasteiger partial charge is 0.125 e. The number of nitrogens with zero attached hydrogens (tertiary/aromatic N) is 1. The molecule has 0 radical (unpaired) electrons. The highest BCUT2D eigenvalue weighted by atomic mass is 19.1. The van der Waals surface area contributed by atoms with Crippen molar-refractivity contribution in [2.75, 3.05) is 31.1 Å². The summed E-state index contributed by atoms with van der Waals surface area (Å²) in [6, 6.07) is 5.28. The highest BCUT2D eigenvalue weighted by Gasteiger charge is 2.35. The summed E-state index contributed by atoms with van der Waals surface area (Å²) < 4.78 is 13.6. The van der Waals surface area contributed by atoms with Gasteiger partial charge >= 0.3 is 0 Å². The Kier molecular flexibility index (Phi) is 4.48. The van der Waals surface area contributed by atoms with Gasteiger partial charge in [0.1, 0.15) is 5.82 Å². The van der Waals surface area contributed by atoms with Gasteiger partial charge in [-0.2, -0.15) is 0 Å². The SMILES string of the molecule is CCNCC1(CN2CCc3ccc(F)cc32)CCCCC1. The molecule has 116 valence electrons. The van der Waals surface area contributed by atoms with E-state index in [1.54, 1.807) is 12.1 Å². The number of hydrogen-bond donors (Lipinski definition) is 1. The number of nitrogens with one attached hydrogen (secondary N) is 1. The Balaban J connectivity index is 1.76. The first kappa shape index (κ1) is 14.8. The second-order valence-corrected chi connectivity index (χ2v) is 6.79. The van der Waals surface area contributed by atoms with Crippen LogP contribution < -0.4 is 10.2 Å². The minimum Gasteiger partial charge on any atom is -0.370 e. The average Bonchev–Trinajstić information content (AvgIpc) is 2.88. The summed E-state index contributed by atoms with van der Waals surface area (Å²) in [5.41, 5.74) is 2.82. The van der Waals surface area contributed by atoms with E-state index in [9.17, 15) is 4.39 Å². The predicted octanol–water partition coefficient (Wildman–Crippen LogP) is 3.75. The molecule has 0 spiro atoms. The number of hydrogen-bond acceptors (Lipinski definition) is 2. The summed E-state index contributed by atoms with van der Waals surface area (Å²) in [7, 11) is 0. The van der Waals surface area contributed by atoms with Gasteiger partial charge in [0.2, 0.25) is 0 Å². The Morgan fingerprint density at radius 3 is 2.81 bits per heavy atom. The summed E-state index contributed by atoms with van der Waals surface area (Å²) in [4.78, 5) is 2.43. The van der Waals surface area contributed by atoms with Gasteiger partial charge in [-0.15, -0.1) is 0 Å². The minimum atomic E-state index is -0.106. The van der Waals surface area contributed by atoms with Crippen LogP contribution in [0.15, 0.2) is 18.2 Å². The van der Waals surface area contributed by atoms with Gasteiger partial charge in [-0.3, -0.25) is 0 Å². The van der Waals surface area contributed by atoms with Gasteiger partial charge in [0.15, 0.2) is 0 Å². The first-order valence-electron chi connectivity index (χ1n) is 8.47. The molecular formula is C18H27FN2. The summed E-state index contributed by atoms with van der Waals surface area (Å²) in [5, 5.41) is 3.57. The molecule has 0 aromatic heterocycles. The summed E-state index contributed by atoms with van der Waals surface area (Å²) in [5.74, 6) is -0.106. The zero-order valence-electron chi connectivity index (χ0n) is 13.1. The highest BCUT2D eigenvalue weighted by molar-refractivity contribution is 5.58. The molecule has 21 heavy (non-hydrogen) atoms. The zero-order chi connectivity index (χ0) is 14.7. The highest BCUT2D eigenvalue weighted by Crippen LogP contribution is 2.39. The van der Waals surface area contributed by atoms with Crippen molar-refractivity contribution in [2.24, 2.45) is 5.41 Å². The molecule has 0 bridgehead atoms. The molecule has 2 nitrogen and oxygen atoms in total. The summed E-state index contributed by atoms with van der Waals surface area (Å²) in [6.07, 6.45) is 7.73. The van der Waals surface area contributed by atoms with Crippen LogP contribution in [0.1, 0.15) is 44.6 Å². The van der Waals surface area contributed by atoms with Crippen LogP contribution in [0.3, 0.4) is 0 Å². The maximum Gasteiger partial charge on any atom is 0.125 e. The van der Waals surface area contributed by atoms with Crippen LogP contribution in [0.2, 0.25) is 0 Å². The molecular weight excluding hydrogens is 263 g/mol. The molecule has 1 saturated carbocycles. The van der Waals surface area contributed by atoms with E-state index in [0.717, 1.165) is 38.3 Å². The Bertz CT molecular complexity index is 480. The first-order valence-corrected chi connectivity index (χ1v) is 8.47. The van der Waals surface area contributed by atoms with Gasteiger partial charge < -0.3 is 10.2 Å². The van der Waals surface area contributed by atoms with Crippen molar-refractivity contribution in [3.8, 4) is 0 Å². The second kappa shape index (κ2) is 6.35. The molecule has 1 aromatic rings. The van der Waals surface area contributed by atoms with Gasteiger partial charge in [-0.1, -0.05) is 32.3 Å². The van der Waals surface area contributed by atoms with Crippen molar-refractivity contribution in [3.63, 3.8) is 0 Å². The molecule has 1 fully saturated rings. The van der Waals surface area contributed by atoms with E-state index in [1.165, 1.54) is 37.7 Å². The van der Waals surface area contributed by atoms with Gasteiger partial charge in [-0.05, 0) is 43.5 Å². The van der Waals surface area contributed by atoms with Crippen molar-refractivity contribution < 1.29 is 4.39 Å². The molecule has 3 rings (SSSR count). The van der Waals surface area contributed by atoms with E-state index in [4.69, 9.17) is 0 Å². The Hall–Kier alpha value is -1.09. The molecule has 1 N–H and O–H groups in total. The molecule has 2 aliphatic rings. The lowest BCUT2D eigenvalue weighted by Crippen LogP contribution is -2.45. The number of rotatable bonds is 5. The number of halogens is 1.